The van der Waals surface area contributed by atoms with Crippen LogP contribution in [0.15, 0.2) is 34.9 Å². The highest BCUT2D eigenvalue weighted by Crippen LogP contribution is 2.38. The Hall–Kier alpha value is -2.61. The number of benzene rings is 1. The second-order valence-electron chi connectivity index (χ2n) is 9.08. The van der Waals surface area contributed by atoms with Gasteiger partial charge in [-0.05, 0) is 43.7 Å². The van der Waals surface area contributed by atoms with Gasteiger partial charge in [0.25, 0.3) is 5.91 Å². The molecule has 1 N–H and O–H groups in total. The minimum Gasteiger partial charge on any atom is -0.455 e. The number of furan rings is 1. The van der Waals surface area contributed by atoms with Gasteiger partial charge in [-0.2, -0.15) is 5.10 Å². The molecule has 0 saturated carbocycles. The SMILES string of the molecule is Cc1c(C(=O)NCCN2CCN(C)CC2)oc2c1-c1nn(Cc3ccc(Cl)cc3)cc1CC2. The van der Waals surface area contributed by atoms with Gasteiger partial charge in [0.05, 0.1) is 12.2 Å². The minimum atomic E-state index is -0.141. The van der Waals surface area contributed by atoms with Crippen LogP contribution < -0.4 is 5.32 Å². The van der Waals surface area contributed by atoms with E-state index in [1.807, 2.05) is 35.9 Å². The van der Waals surface area contributed by atoms with Crippen molar-refractivity contribution in [2.75, 3.05) is 46.3 Å². The molecule has 1 aliphatic heterocycles. The summed E-state index contributed by atoms with van der Waals surface area (Å²) < 4.78 is 8.02. The first-order valence-corrected chi connectivity index (χ1v) is 12.0. The summed E-state index contributed by atoms with van der Waals surface area (Å²) in [6.07, 6.45) is 3.75. The van der Waals surface area contributed by atoms with Crippen LogP contribution in [-0.2, 0) is 19.4 Å². The molecular formula is C25H30ClN5O2. The fourth-order valence-corrected chi connectivity index (χ4v) is 4.84. The number of rotatable bonds is 6. The summed E-state index contributed by atoms with van der Waals surface area (Å²) in [4.78, 5) is 17.6. The van der Waals surface area contributed by atoms with Gasteiger partial charge >= 0.3 is 0 Å². The van der Waals surface area contributed by atoms with Gasteiger partial charge in [-0.15, -0.1) is 0 Å². The van der Waals surface area contributed by atoms with Gasteiger partial charge in [-0.3, -0.25) is 14.4 Å². The number of hydrogen-bond donors (Lipinski definition) is 1. The maximum Gasteiger partial charge on any atom is 0.287 e. The highest BCUT2D eigenvalue weighted by atomic mass is 35.5. The van der Waals surface area contributed by atoms with Crippen molar-refractivity contribution in [2.45, 2.75) is 26.3 Å². The normalized spacial score (nSPS) is 16.5. The third kappa shape index (κ3) is 4.71. The van der Waals surface area contributed by atoms with Crippen LogP contribution in [0.5, 0.6) is 0 Å². The molecule has 3 aromatic rings. The molecule has 0 radical (unpaired) electrons. The summed E-state index contributed by atoms with van der Waals surface area (Å²) in [6, 6.07) is 7.82. The van der Waals surface area contributed by atoms with Crippen LogP contribution in [0.4, 0.5) is 0 Å². The van der Waals surface area contributed by atoms with Crippen molar-refractivity contribution >= 4 is 17.5 Å². The average Bonchev–Trinajstić information content (AvgIpc) is 3.37. The Morgan fingerprint density at radius 3 is 2.67 bits per heavy atom. The number of piperazine rings is 1. The van der Waals surface area contributed by atoms with E-state index >= 15 is 0 Å². The van der Waals surface area contributed by atoms with Crippen LogP contribution in [-0.4, -0.2) is 71.8 Å². The van der Waals surface area contributed by atoms with E-state index in [9.17, 15) is 4.79 Å². The molecule has 1 aromatic carbocycles. The summed E-state index contributed by atoms with van der Waals surface area (Å²) >= 11 is 6.01. The number of likely N-dealkylation sites (N-methyl/N-ethyl adjacent to an activating group) is 1. The summed E-state index contributed by atoms with van der Waals surface area (Å²) in [5.41, 5.74) is 5.13. The first-order valence-electron chi connectivity index (χ1n) is 11.6. The second-order valence-corrected chi connectivity index (χ2v) is 9.52. The Morgan fingerprint density at radius 1 is 1.15 bits per heavy atom. The molecule has 2 aliphatic rings. The molecule has 8 heteroatoms. The summed E-state index contributed by atoms with van der Waals surface area (Å²) in [5.74, 6) is 1.14. The molecule has 3 heterocycles. The largest absolute Gasteiger partial charge is 0.455 e. The number of halogens is 1. The van der Waals surface area contributed by atoms with Crippen molar-refractivity contribution in [2.24, 2.45) is 0 Å². The standard InChI is InChI=1S/C25H30ClN5O2/c1-17-22-21(33-24(17)25(32)27-9-10-30-13-11-29(2)12-14-30)8-5-19-16-31(28-23(19)22)15-18-3-6-20(26)7-4-18/h3-4,6-7,16H,5,8-15H2,1-2H3,(H,27,32). The number of aryl methyl sites for hydroxylation is 2. The van der Waals surface area contributed by atoms with E-state index < -0.39 is 0 Å². The maximum absolute atomic E-state index is 12.9. The topological polar surface area (TPSA) is 66.5 Å². The highest BCUT2D eigenvalue weighted by Gasteiger charge is 2.29. The van der Waals surface area contributed by atoms with Crippen LogP contribution in [0.2, 0.25) is 5.02 Å². The fourth-order valence-electron chi connectivity index (χ4n) is 4.72. The number of hydrogen-bond acceptors (Lipinski definition) is 5. The van der Waals surface area contributed by atoms with E-state index in [4.69, 9.17) is 21.1 Å². The number of carbonyl (C=O) groups excluding carboxylic acids is 1. The lowest BCUT2D eigenvalue weighted by molar-refractivity contribution is 0.0911. The van der Waals surface area contributed by atoms with E-state index in [0.717, 1.165) is 78.7 Å². The molecule has 1 aliphatic carbocycles. The van der Waals surface area contributed by atoms with E-state index in [0.29, 0.717) is 18.8 Å². The monoisotopic (exact) mass is 467 g/mol. The molecule has 174 valence electrons. The quantitative estimate of drug-likeness (QED) is 0.603. The summed E-state index contributed by atoms with van der Waals surface area (Å²) in [5, 5.41) is 8.63. The molecule has 1 fully saturated rings. The fraction of sp³-hybridized carbons (Fsp3) is 0.440. The minimum absolute atomic E-state index is 0.141. The zero-order chi connectivity index (χ0) is 22.9. The van der Waals surface area contributed by atoms with Gasteiger partial charge in [0.15, 0.2) is 5.76 Å². The number of carbonyl (C=O) groups is 1. The lowest BCUT2D eigenvalue weighted by Gasteiger charge is -2.32. The maximum atomic E-state index is 12.9. The molecule has 5 rings (SSSR count). The van der Waals surface area contributed by atoms with E-state index in [-0.39, 0.29) is 5.91 Å². The van der Waals surface area contributed by atoms with Gasteiger partial charge < -0.3 is 14.6 Å². The average molecular weight is 468 g/mol. The third-order valence-electron chi connectivity index (χ3n) is 6.69. The zero-order valence-electron chi connectivity index (χ0n) is 19.2. The van der Waals surface area contributed by atoms with Crippen molar-refractivity contribution in [3.05, 3.63) is 63.7 Å². The van der Waals surface area contributed by atoms with Crippen LogP contribution in [0.3, 0.4) is 0 Å². The van der Waals surface area contributed by atoms with E-state index in [1.165, 1.54) is 5.56 Å². The second kappa shape index (κ2) is 9.33. The first-order chi connectivity index (χ1) is 16.0. The van der Waals surface area contributed by atoms with Gasteiger partial charge in [0.1, 0.15) is 5.76 Å². The lowest BCUT2D eigenvalue weighted by atomic mass is 9.93. The van der Waals surface area contributed by atoms with Crippen molar-refractivity contribution in [1.82, 2.24) is 24.9 Å². The summed E-state index contributed by atoms with van der Waals surface area (Å²) in [6.45, 7) is 8.35. The Bertz CT molecular complexity index is 1140. The van der Waals surface area contributed by atoms with Gasteiger partial charge in [-0.25, -0.2) is 0 Å². The first kappa shape index (κ1) is 22.2. The van der Waals surface area contributed by atoms with Gasteiger partial charge in [0, 0.05) is 68.0 Å². The third-order valence-corrected chi connectivity index (χ3v) is 6.94. The van der Waals surface area contributed by atoms with E-state index in [2.05, 4.69) is 28.4 Å². The molecule has 0 unspecified atom stereocenters. The van der Waals surface area contributed by atoms with Crippen molar-refractivity contribution in [1.29, 1.82) is 0 Å². The highest BCUT2D eigenvalue weighted by molar-refractivity contribution is 6.30. The molecule has 0 spiro atoms. The molecule has 2 aromatic heterocycles. The van der Waals surface area contributed by atoms with E-state index in [1.54, 1.807) is 0 Å². The molecule has 7 nitrogen and oxygen atoms in total. The predicted octanol–water partition coefficient (Wildman–Crippen LogP) is 3.23. The number of amides is 1. The Morgan fingerprint density at radius 2 is 1.91 bits per heavy atom. The molecule has 1 saturated heterocycles. The Labute approximate surface area is 199 Å². The summed E-state index contributed by atoms with van der Waals surface area (Å²) in [7, 11) is 2.15. The predicted molar refractivity (Wildman–Crippen MR) is 129 cm³/mol. The van der Waals surface area contributed by atoms with Crippen LogP contribution in [0.25, 0.3) is 11.3 Å². The number of aromatic nitrogens is 2. The van der Waals surface area contributed by atoms with Gasteiger partial charge in [-0.1, -0.05) is 23.7 Å². The smallest absolute Gasteiger partial charge is 0.287 e. The number of nitrogens with one attached hydrogen (secondary N) is 1. The number of fused-ring (bicyclic) bond motifs is 3. The van der Waals surface area contributed by atoms with Crippen molar-refractivity contribution in [3.63, 3.8) is 0 Å². The molecule has 0 atom stereocenters. The Kier molecular flexibility index (Phi) is 6.27. The van der Waals surface area contributed by atoms with Crippen molar-refractivity contribution in [3.8, 4) is 11.3 Å². The van der Waals surface area contributed by atoms with Crippen LogP contribution in [0.1, 0.15) is 33.0 Å². The Balaban J connectivity index is 1.28. The molecule has 1 amide bonds. The van der Waals surface area contributed by atoms with Gasteiger partial charge in [0.2, 0.25) is 0 Å². The van der Waals surface area contributed by atoms with Crippen LogP contribution in [0, 0.1) is 6.92 Å². The number of nitrogens with zero attached hydrogens (tertiary/aromatic N) is 4. The lowest BCUT2D eigenvalue weighted by Crippen LogP contribution is -2.46. The molecule has 33 heavy (non-hydrogen) atoms. The zero-order valence-corrected chi connectivity index (χ0v) is 20.0. The molecule has 0 bridgehead atoms. The molecular weight excluding hydrogens is 438 g/mol. The van der Waals surface area contributed by atoms with Crippen LogP contribution >= 0.6 is 11.6 Å². The van der Waals surface area contributed by atoms with Crippen molar-refractivity contribution < 1.29 is 9.21 Å².